The molecule has 0 radical (unpaired) electrons. The average Bonchev–Trinajstić information content (AvgIpc) is 2.81. The number of carbonyl (C=O) groups excluding carboxylic acids is 1. The fourth-order valence-electron chi connectivity index (χ4n) is 2.47. The summed E-state index contributed by atoms with van der Waals surface area (Å²) < 4.78 is 10.6. The van der Waals surface area contributed by atoms with Crippen molar-refractivity contribution in [2.45, 2.75) is 26.2 Å². The Kier molecular flexibility index (Phi) is 2.82. The molecular weight excluding hydrogens is 228 g/mol. The van der Waals surface area contributed by atoms with Crippen molar-refractivity contribution in [2.75, 3.05) is 6.79 Å². The van der Waals surface area contributed by atoms with Crippen LogP contribution in [0, 0.1) is 5.92 Å². The van der Waals surface area contributed by atoms with E-state index in [-0.39, 0.29) is 12.6 Å². The monoisotopic (exact) mass is 244 g/mol. The minimum atomic E-state index is 0.283. The molecule has 1 aromatic rings. The van der Waals surface area contributed by atoms with Gasteiger partial charge in [-0.1, -0.05) is 13.0 Å². The minimum Gasteiger partial charge on any atom is -0.454 e. The summed E-state index contributed by atoms with van der Waals surface area (Å²) in [6.45, 7) is 2.48. The molecule has 18 heavy (non-hydrogen) atoms. The number of ether oxygens (including phenoxy) is 2. The normalized spacial score (nSPS) is 24.6. The fraction of sp³-hybridized carbons (Fsp3) is 0.400. The predicted molar refractivity (Wildman–Crippen MR) is 68.6 cm³/mol. The molecule has 1 aromatic carbocycles. The van der Waals surface area contributed by atoms with E-state index in [4.69, 9.17) is 9.47 Å². The number of rotatable bonds is 1. The highest BCUT2D eigenvalue weighted by Crippen LogP contribution is 2.34. The van der Waals surface area contributed by atoms with Gasteiger partial charge >= 0.3 is 0 Å². The van der Waals surface area contributed by atoms with Crippen LogP contribution >= 0.6 is 0 Å². The number of allylic oxidation sites excluding steroid dienone is 1. The molecule has 1 aliphatic carbocycles. The first-order valence-corrected chi connectivity index (χ1v) is 6.36. The minimum absolute atomic E-state index is 0.283. The second kappa shape index (κ2) is 4.48. The van der Waals surface area contributed by atoms with Crippen LogP contribution in [0.2, 0.25) is 0 Å². The Morgan fingerprint density at radius 3 is 3.00 bits per heavy atom. The van der Waals surface area contributed by atoms with Crippen molar-refractivity contribution in [1.82, 2.24) is 0 Å². The van der Waals surface area contributed by atoms with Crippen molar-refractivity contribution in [2.24, 2.45) is 5.92 Å². The first-order chi connectivity index (χ1) is 8.72. The molecule has 94 valence electrons. The number of hydrogen-bond acceptors (Lipinski definition) is 3. The van der Waals surface area contributed by atoms with Gasteiger partial charge in [0, 0.05) is 6.42 Å². The van der Waals surface area contributed by atoms with Crippen molar-refractivity contribution in [3.8, 4) is 11.5 Å². The fourth-order valence-corrected chi connectivity index (χ4v) is 2.47. The van der Waals surface area contributed by atoms with Gasteiger partial charge in [-0.15, -0.1) is 0 Å². The molecule has 1 saturated carbocycles. The maximum atomic E-state index is 11.9. The molecule has 1 unspecified atom stereocenters. The Labute approximate surface area is 106 Å². The highest BCUT2D eigenvalue weighted by atomic mass is 16.7. The van der Waals surface area contributed by atoms with Crippen molar-refractivity contribution in [3.63, 3.8) is 0 Å². The third-order valence-corrected chi connectivity index (χ3v) is 3.53. The van der Waals surface area contributed by atoms with Crippen molar-refractivity contribution < 1.29 is 14.3 Å². The standard InChI is InChI=1S/C15H16O3/c1-10-2-4-13(16)12(6-10)7-11-3-5-14-15(8-11)18-9-17-14/h3,5,7-8,10H,2,4,6,9H2,1H3/b12-7-. The summed E-state index contributed by atoms with van der Waals surface area (Å²) in [4.78, 5) is 11.9. The second-order valence-electron chi connectivity index (χ2n) is 5.05. The Bertz CT molecular complexity index is 516. The zero-order valence-electron chi connectivity index (χ0n) is 10.4. The predicted octanol–water partition coefficient (Wildman–Crippen LogP) is 3.19. The van der Waals surface area contributed by atoms with Crippen LogP contribution in [-0.2, 0) is 4.79 Å². The van der Waals surface area contributed by atoms with E-state index >= 15 is 0 Å². The molecule has 0 amide bonds. The van der Waals surface area contributed by atoms with Crippen LogP contribution in [0.5, 0.6) is 11.5 Å². The Morgan fingerprint density at radius 1 is 1.28 bits per heavy atom. The lowest BCUT2D eigenvalue weighted by Crippen LogP contribution is -2.14. The summed E-state index contributed by atoms with van der Waals surface area (Å²) >= 11 is 0. The lowest BCUT2D eigenvalue weighted by molar-refractivity contribution is -0.116. The van der Waals surface area contributed by atoms with Crippen LogP contribution in [0.4, 0.5) is 0 Å². The molecule has 0 aromatic heterocycles. The number of carbonyl (C=O) groups is 1. The van der Waals surface area contributed by atoms with Gasteiger partial charge in [0.05, 0.1) is 0 Å². The van der Waals surface area contributed by atoms with Crippen molar-refractivity contribution in [3.05, 3.63) is 29.3 Å². The molecule has 3 nitrogen and oxygen atoms in total. The maximum Gasteiger partial charge on any atom is 0.231 e. The topological polar surface area (TPSA) is 35.5 Å². The molecule has 2 aliphatic rings. The lowest BCUT2D eigenvalue weighted by atomic mass is 9.85. The van der Waals surface area contributed by atoms with E-state index < -0.39 is 0 Å². The first kappa shape index (κ1) is 11.3. The molecule has 1 atom stereocenters. The molecule has 0 bridgehead atoms. The SMILES string of the molecule is CC1CCC(=O)/C(=C\c2ccc3c(c2)OCO3)C1. The van der Waals surface area contributed by atoms with Gasteiger partial charge in [-0.3, -0.25) is 4.79 Å². The van der Waals surface area contributed by atoms with Crippen LogP contribution in [0.3, 0.4) is 0 Å². The molecule has 1 heterocycles. The molecule has 0 saturated heterocycles. The van der Waals surface area contributed by atoms with E-state index in [0.717, 1.165) is 35.5 Å². The summed E-state index contributed by atoms with van der Waals surface area (Å²) in [7, 11) is 0. The highest BCUT2D eigenvalue weighted by molar-refractivity contribution is 6.00. The largest absolute Gasteiger partial charge is 0.454 e. The van der Waals surface area contributed by atoms with Gasteiger partial charge < -0.3 is 9.47 Å². The van der Waals surface area contributed by atoms with E-state index in [1.165, 1.54) is 0 Å². The van der Waals surface area contributed by atoms with E-state index in [2.05, 4.69) is 6.92 Å². The van der Waals surface area contributed by atoms with E-state index in [1.807, 2.05) is 24.3 Å². The molecule has 3 heteroatoms. The number of ketones is 1. The van der Waals surface area contributed by atoms with E-state index in [1.54, 1.807) is 0 Å². The molecular formula is C15H16O3. The Hall–Kier alpha value is -1.77. The van der Waals surface area contributed by atoms with Crippen LogP contribution in [0.15, 0.2) is 23.8 Å². The second-order valence-corrected chi connectivity index (χ2v) is 5.05. The van der Waals surface area contributed by atoms with Crippen LogP contribution < -0.4 is 9.47 Å². The maximum absolute atomic E-state index is 11.9. The van der Waals surface area contributed by atoms with Gasteiger partial charge in [-0.25, -0.2) is 0 Å². The van der Waals surface area contributed by atoms with Crippen molar-refractivity contribution in [1.29, 1.82) is 0 Å². The van der Waals surface area contributed by atoms with Crippen molar-refractivity contribution >= 4 is 11.9 Å². The van der Waals surface area contributed by atoms with Crippen LogP contribution in [0.25, 0.3) is 6.08 Å². The summed E-state index contributed by atoms with van der Waals surface area (Å²) in [5, 5.41) is 0. The van der Waals surface area contributed by atoms with Crippen LogP contribution in [-0.4, -0.2) is 12.6 Å². The van der Waals surface area contributed by atoms with Gasteiger partial charge in [0.1, 0.15) is 0 Å². The van der Waals surface area contributed by atoms with Crippen LogP contribution in [0.1, 0.15) is 31.7 Å². The molecule has 3 rings (SSSR count). The van der Waals surface area contributed by atoms with E-state index in [9.17, 15) is 4.79 Å². The number of Topliss-reactive ketones (excluding diaryl/α,β-unsaturated/α-hetero) is 1. The zero-order chi connectivity index (χ0) is 12.5. The van der Waals surface area contributed by atoms with Gasteiger partial charge in [0.25, 0.3) is 0 Å². The third kappa shape index (κ3) is 2.13. The van der Waals surface area contributed by atoms with Gasteiger partial charge in [-0.05, 0) is 48.1 Å². The summed E-state index contributed by atoms with van der Waals surface area (Å²) in [5.41, 5.74) is 1.95. The summed E-state index contributed by atoms with van der Waals surface area (Å²) in [6.07, 6.45) is 4.56. The quantitative estimate of drug-likeness (QED) is 0.712. The number of hydrogen-bond donors (Lipinski definition) is 0. The lowest BCUT2D eigenvalue weighted by Gasteiger charge is -2.19. The number of benzene rings is 1. The third-order valence-electron chi connectivity index (χ3n) is 3.53. The number of fused-ring (bicyclic) bond motifs is 1. The molecule has 0 spiro atoms. The average molecular weight is 244 g/mol. The van der Waals surface area contributed by atoms with Gasteiger partial charge in [0.15, 0.2) is 17.3 Å². The highest BCUT2D eigenvalue weighted by Gasteiger charge is 2.20. The smallest absolute Gasteiger partial charge is 0.231 e. The van der Waals surface area contributed by atoms with Gasteiger partial charge in [0.2, 0.25) is 6.79 Å². The van der Waals surface area contributed by atoms with E-state index in [0.29, 0.717) is 12.3 Å². The first-order valence-electron chi connectivity index (χ1n) is 6.36. The Balaban J connectivity index is 1.88. The molecule has 0 N–H and O–H groups in total. The molecule has 1 fully saturated rings. The Morgan fingerprint density at radius 2 is 2.11 bits per heavy atom. The summed E-state index contributed by atoms with van der Waals surface area (Å²) in [6, 6.07) is 5.79. The zero-order valence-corrected chi connectivity index (χ0v) is 10.4. The summed E-state index contributed by atoms with van der Waals surface area (Å²) in [5.74, 6) is 2.43. The van der Waals surface area contributed by atoms with Gasteiger partial charge in [-0.2, -0.15) is 0 Å². The molecule has 1 aliphatic heterocycles.